The molecule has 0 amide bonds. The zero-order valence-electron chi connectivity index (χ0n) is 16.0. The third-order valence-electron chi connectivity index (χ3n) is 5.23. The van der Waals surface area contributed by atoms with E-state index in [1.165, 1.54) is 27.1 Å². The van der Waals surface area contributed by atoms with Crippen LogP contribution in [0.15, 0.2) is 90.1 Å². The van der Waals surface area contributed by atoms with Crippen LogP contribution in [0.2, 0.25) is 13.1 Å². The maximum absolute atomic E-state index is 5.48. The Morgan fingerprint density at radius 2 is 1.31 bits per heavy atom. The number of hydrogen-bond donors (Lipinski definition) is 0. The van der Waals surface area contributed by atoms with Gasteiger partial charge in [-0.05, 0) is 35.8 Å². The molecule has 0 saturated heterocycles. The number of benzene rings is 3. The number of allylic oxidation sites excluding steroid dienone is 1. The second-order valence-corrected chi connectivity index (χ2v) is 11.7. The zero-order valence-corrected chi connectivity index (χ0v) is 17.0. The molecule has 0 radical (unpaired) electrons. The van der Waals surface area contributed by atoms with E-state index in [1.54, 1.807) is 7.11 Å². The molecule has 0 unspecified atom stereocenters. The minimum absolute atomic E-state index is 0.892. The fourth-order valence-electron chi connectivity index (χ4n) is 3.37. The van der Waals surface area contributed by atoms with E-state index in [1.807, 2.05) is 6.07 Å². The third kappa shape index (κ3) is 3.66. The van der Waals surface area contributed by atoms with Crippen molar-refractivity contribution < 1.29 is 4.74 Å². The molecule has 0 N–H and O–H groups in total. The van der Waals surface area contributed by atoms with Gasteiger partial charge in [-0.25, -0.2) is 0 Å². The van der Waals surface area contributed by atoms with Gasteiger partial charge >= 0.3 is 0 Å². The molecule has 1 nitrogen and oxygen atoms in total. The zero-order chi connectivity index (χ0) is 18.6. The summed E-state index contributed by atoms with van der Waals surface area (Å²) in [4.78, 5) is 0. The maximum atomic E-state index is 5.48. The lowest BCUT2D eigenvalue weighted by Crippen LogP contribution is -2.43. The van der Waals surface area contributed by atoms with Crippen LogP contribution in [0.4, 0.5) is 0 Å². The summed E-state index contributed by atoms with van der Waals surface area (Å²) in [6.45, 7) is 7.17. The Labute approximate surface area is 158 Å². The van der Waals surface area contributed by atoms with Crippen molar-refractivity contribution in [3.63, 3.8) is 0 Å². The first-order valence-corrected chi connectivity index (χ1v) is 12.0. The molecule has 0 aliphatic carbocycles. The molecule has 0 bridgehead atoms. The van der Waals surface area contributed by atoms with Crippen molar-refractivity contribution >= 4 is 18.8 Å². The number of rotatable bonds is 5. The monoisotopic (exact) mass is 358 g/mol. The van der Waals surface area contributed by atoms with E-state index in [0.29, 0.717) is 0 Å². The summed E-state index contributed by atoms with van der Waals surface area (Å²) in [5, 5.41) is 2.93. The summed E-state index contributed by atoms with van der Waals surface area (Å²) < 4.78 is 5.48. The van der Waals surface area contributed by atoms with Crippen LogP contribution in [-0.2, 0) is 0 Å². The molecule has 0 heterocycles. The molecular formula is C24H26OSi. The van der Waals surface area contributed by atoms with Gasteiger partial charge < -0.3 is 4.74 Å². The largest absolute Gasteiger partial charge is 0.497 e. The minimum atomic E-state index is -1.80. The quantitative estimate of drug-likeness (QED) is 0.534. The van der Waals surface area contributed by atoms with Crippen LogP contribution in [0.25, 0.3) is 5.57 Å². The van der Waals surface area contributed by atoms with Crippen LogP contribution >= 0.6 is 0 Å². The highest BCUT2D eigenvalue weighted by Crippen LogP contribution is 2.33. The van der Waals surface area contributed by atoms with Crippen LogP contribution in [-0.4, -0.2) is 15.2 Å². The van der Waals surface area contributed by atoms with E-state index in [-0.39, 0.29) is 0 Å². The number of hydrogen-bond acceptors (Lipinski definition) is 1. The van der Waals surface area contributed by atoms with Crippen LogP contribution in [0.1, 0.15) is 18.1 Å². The van der Waals surface area contributed by atoms with E-state index in [2.05, 4.69) is 98.9 Å². The topological polar surface area (TPSA) is 9.23 Å². The summed E-state index contributed by atoms with van der Waals surface area (Å²) in [5.74, 6) is 0.892. The van der Waals surface area contributed by atoms with Gasteiger partial charge in [-0.1, -0.05) is 96.3 Å². The van der Waals surface area contributed by atoms with Crippen molar-refractivity contribution in [2.24, 2.45) is 0 Å². The molecule has 2 heteroatoms. The molecule has 132 valence electrons. The molecule has 0 fully saturated rings. The predicted octanol–water partition coefficient (Wildman–Crippen LogP) is 5.67. The Kier molecular flexibility index (Phi) is 5.43. The summed E-state index contributed by atoms with van der Waals surface area (Å²) in [6, 6.07) is 30.0. The van der Waals surface area contributed by atoms with E-state index in [4.69, 9.17) is 4.74 Å². The molecule has 0 saturated carbocycles. The van der Waals surface area contributed by atoms with Gasteiger partial charge in [0.25, 0.3) is 0 Å². The van der Waals surface area contributed by atoms with Crippen LogP contribution in [0.5, 0.6) is 5.75 Å². The average molecular weight is 359 g/mol. The lowest BCUT2D eigenvalue weighted by atomic mass is 9.97. The standard InChI is InChI=1S/C24H26OSi/c1-19(26(3,4)23-16-9-6-10-17-23)24(20-12-7-5-8-13-20)21-14-11-15-22(18-21)25-2/h5-18H,1-4H3/b24-19-. The van der Waals surface area contributed by atoms with Crippen molar-refractivity contribution in [1.82, 2.24) is 0 Å². The first-order chi connectivity index (χ1) is 12.5. The molecule has 0 spiro atoms. The highest BCUT2D eigenvalue weighted by Gasteiger charge is 2.28. The van der Waals surface area contributed by atoms with Gasteiger partial charge in [0.1, 0.15) is 13.8 Å². The second-order valence-electron chi connectivity index (χ2n) is 7.09. The van der Waals surface area contributed by atoms with Crippen LogP contribution in [0.3, 0.4) is 0 Å². The van der Waals surface area contributed by atoms with Gasteiger partial charge in [0.05, 0.1) is 7.11 Å². The Morgan fingerprint density at radius 1 is 0.731 bits per heavy atom. The highest BCUT2D eigenvalue weighted by atomic mass is 28.3. The van der Waals surface area contributed by atoms with Crippen LogP contribution < -0.4 is 9.92 Å². The van der Waals surface area contributed by atoms with Gasteiger partial charge in [0, 0.05) is 0 Å². The molecule has 26 heavy (non-hydrogen) atoms. The fourth-order valence-corrected chi connectivity index (χ4v) is 5.74. The van der Waals surface area contributed by atoms with E-state index >= 15 is 0 Å². The molecule has 0 aliphatic heterocycles. The van der Waals surface area contributed by atoms with Gasteiger partial charge in [0.2, 0.25) is 0 Å². The lowest BCUT2D eigenvalue weighted by Gasteiger charge is -2.28. The molecule has 0 aromatic heterocycles. The highest BCUT2D eigenvalue weighted by molar-refractivity contribution is 6.96. The second kappa shape index (κ2) is 7.75. The van der Waals surface area contributed by atoms with E-state index in [0.717, 1.165) is 5.75 Å². The fraction of sp³-hybridized carbons (Fsp3) is 0.167. The number of ether oxygens (including phenoxy) is 1. The molecular weight excluding hydrogens is 332 g/mol. The van der Waals surface area contributed by atoms with Crippen molar-refractivity contribution in [2.75, 3.05) is 7.11 Å². The molecule has 0 aliphatic rings. The van der Waals surface area contributed by atoms with E-state index in [9.17, 15) is 0 Å². The predicted molar refractivity (Wildman–Crippen MR) is 115 cm³/mol. The van der Waals surface area contributed by atoms with Crippen molar-refractivity contribution in [3.05, 3.63) is 101 Å². The Bertz CT molecular complexity index is 896. The lowest BCUT2D eigenvalue weighted by molar-refractivity contribution is 0.414. The smallest absolute Gasteiger partial charge is 0.119 e. The average Bonchev–Trinajstić information content (AvgIpc) is 2.70. The van der Waals surface area contributed by atoms with Crippen molar-refractivity contribution in [3.8, 4) is 5.75 Å². The van der Waals surface area contributed by atoms with Crippen molar-refractivity contribution in [2.45, 2.75) is 20.0 Å². The van der Waals surface area contributed by atoms with Crippen LogP contribution in [0, 0.1) is 0 Å². The van der Waals surface area contributed by atoms with E-state index < -0.39 is 8.07 Å². The SMILES string of the molecule is COc1cccc(/C(=C(/C)[Si](C)(C)c2ccccc2)c2ccccc2)c1. The molecule has 3 rings (SSSR count). The summed E-state index contributed by atoms with van der Waals surface area (Å²) >= 11 is 0. The summed E-state index contributed by atoms with van der Waals surface area (Å²) in [5.41, 5.74) is 3.80. The Morgan fingerprint density at radius 3 is 1.92 bits per heavy atom. The normalized spacial score (nSPS) is 12.5. The Balaban J connectivity index is 2.24. The van der Waals surface area contributed by atoms with Gasteiger partial charge in [-0.15, -0.1) is 0 Å². The summed E-state index contributed by atoms with van der Waals surface area (Å²) in [7, 11) is -0.0775. The molecule has 0 atom stereocenters. The number of methoxy groups -OCH3 is 1. The third-order valence-corrected chi connectivity index (χ3v) is 9.13. The van der Waals surface area contributed by atoms with Gasteiger partial charge in [0.15, 0.2) is 0 Å². The minimum Gasteiger partial charge on any atom is -0.497 e. The Hall–Kier alpha value is -2.58. The molecule has 3 aromatic carbocycles. The van der Waals surface area contributed by atoms with Gasteiger partial charge in [-0.2, -0.15) is 0 Å². The maximum Gasteiger partial charge on any atom is 0.119 e. The first-order valence-electron chi connectivity index (χ1n) is 9.01. The summed E-state index contributed by atoms with van der Waals surface area (Å²) in [6.07, 6.45) is 0. The molecule has 3 aromatic rings. The van der Waals surface area contributed by atoms with Gasteiger partial charge in [-0.3, -0.25) is 0 Å². The van der Waals surface area contributed by atoms with Crippen molar-refractivity contribution in [1.29, 1.82) is 0 Å². The first kappa shape index (κ1) is 18.2.